The molecular weight excluding hydrogens is 322 g/mol. The maximum absolute atomic E-state index is 12.7. The van der Waals surface area contributed by atoms with Gasteiger partial charge in [-0.3, -0.25) is 4.79 Å². The van der Waals surface area contributed by atoms with Crippen molar-refractivity contribution >= 4 is 34.8 Å². The van der Waals surface area contributed by atoms with E-state index >= 15 is 0 Å². The lowest BCUT2D eigenvalue weighted by molar-refractivity contribution is -0.130. The van der Waals surface area contributed by atoms with Crippen LogP contribution in [-0.4, -0.2) is 37.7 Å². The summed E-state index contributed by atoms with van der Waals surface area (Å²) in [6, 6.07) is 0. The quantitative estimate of drug-likeness (QED) is 0.879. The molecule has 1 saturated heterocycles. The van der Waals surface area contributed by atoms with E-state index in [4.69, 9.17) is 4.74 Å². The molecule has 1 aliphatic heterocycles. The maximum atomic E-state index is 12.7. The minimum Gasteiger partial charge on any atom is -0.384 e. The minimum atomic E-state index is -0.411. The van der Waals surface area contributed by atoms with Crippen molar-refractivity contribution in [2.75, 3.05) is 32.1 Å². The molecule has 2 aliphatic rings. The Balaban J connectivity index is 0.00000176. The first kappa shape index (κ1) is 17.7. The topological polar surface area (TPSA) is 63.2 Å². The predicted molar refractivity (Wildman–Crippen MR) is 91.0 cm³/mol. The number of aromatic nitrogens is 1. The fourth-order valence-electron chi connectivity index (χ4n) is 3.25. The summed E-state index contributed by atoms with van der Waals surface area (Å²) in [5.74, 6) is 0.0666. The lowest BCUT2D eigenvalue weighted by Crippen LogP contribution is -2.47. The van der Waals surface area contributed by atoms with Crippen LogP contribution >= 0.6 is 23.7 Å². The minimum absolute atomic E-state index is 0. The first-order valence-electron chi connectivity index (χ1n) is 7.73. The number of nitrogens with zero attached hydrogens (tertiary/aromatic N) is 1. The number of ether oxygens (including phenoxy) is 1. The number of piperidine rings is 1. The van der Waals surface area contributed by atoms with Crippen molar-refractivity contribution in [3.63, 3.8) is 0 Å². The van der Waals surface area contributed by atoms with Gasteiger partial charge in [0.05, 0.1) is 17.7 Å². The average molecular weight is 346 g/mol. The van der Waals surface area contributed by atoms with E-state index in [9.17, 15) is 4.79 Å². The zero-order valence-corrected chi connectivity index (χ0v) is 14.6. The molecule has 0 radical (unpaired) electrons. The number of halogens is 1. The van der Waals surface area contributed by atoms with Crippen molar-refractivity contribution in [3.8, 4) is 0 Å². The van der Waals surface area contributed by atoms with Gasteiger partial charge in [-0.2, -0.15) is 0 Å². The van der Waals surface area contributed by atoms with Crippen molar-refractivity contribution in [3.05, 3.63) is 10.6 Å². The molecule has 7 heteroatoms. The molecule has 0 atom stereocenters. The Labute approximate surface area is 141 Å². The molecule has 22 heavy (non-hydrogen) atoms. The number of carbonyl (C=O) groups excluding carboxylic acids is 1. The highest BCUT2D eigenvalue weighted by Gasteiger charge is 2.40. The van der Waals surface area contributed by atoms with Crippen LogP contribution in [0.2, 0.25) is 0 Å². The summed E-state index contributed by atoms with van der Waals surface area (Å²) in [5, 5.41) is 7.13. The highest BCUT2D eigenvalue weighted by Crippen LogP contribution is 2.33. The van der Waals surface area contributed by atoms with E-state index < -0.39 is 5.41 Å². The molecule has 1 aromatic heterocycles. The van der Waals surface area contributed by atoms with Gasteiger partial charge in [-0.15, -0.1) is 23.7 Å². The summed E-state index contributed by atoms with van der Waals surface area (Å²) in [5.41, 5.74) is 0.777. The molecule has 124 valence electrons. The van der Waals surface area contributed by atoms with Gasteiger partial charge in [-0.1, -0.05) is 0 Å². The molecule has 0 bridgehead atoms. The Kier molecular flexibility index (Phi) is 6.20. The fourth-order valence-corrected chi connectivity index (χ4v) is 4.30. The molecule has 5 nitrogen and oxygen atoms in total. The van der Waals surface area contributed by atoms with Gasteiger partial charge in [0.1, 0.15) is 0 Å². The first-order chi connectivity index (χ1) is 10.2. The average Bonchev–Trinajstić information content (AvgIpc) is 2.90. The summed E-state index contributed by atoms with van der Waals surface area (Å²) in [4.78, 5) is 18.7. The van der Waals surface area contributed by atoms with Gasteiger partial charge in [0.25, 0.3) is 0 Å². The standard InChI is InChI=1S/C15H23N3O2S.ClH/c1-20-10-15(6-8-16-9-7-15)13(19)18-14-17-11-4-2-3-5-12(11)21-14;/h16H,2-10H2,1H3,(H,17,18,19);1H. The van der Waals surface area contributed by atoms with E-state index in [1.165, 1.54) is 23.4 Å². The Hall–Kier alpha value is -0.690. The lowest BCUT2D eigenvalue weighted by atomic mass is 9.79. The van der Waals surface area contributed by atoms with E-state index in [-0.39, 0.29) is 18.3 Å². The van der Waals surface area contributed by atoms with Crippen LogP contribution in [0.5, 0.6) is 0 Å². The second-order valence-electron chi connectivity index (χ2n) is 6.01. The van der Waals surface area contributed by atoms with E-state index in [1.807, 2.05) is 0 Å². The third kappa shape index (κ3) is 3.62. The van der Waals surface area contributed by atoms with Gasteiger partial charge >= 0.3 is 0 Å². The van der Waals surface area contributed by atoms with E-state index in [0.717, 1.165) is 43.9 Å². The van der Waals surface area contributed by atoms with Crippen molar-refractivity contribution in [2.24, 2.45) is 5.41 Å². The smallest absolute Gasteiger partial charge is 0.234 e. The second-order valence-corrected chi connectivity index (χ2v) is 7.10. The normalized spacial score (nSPS) is 19.9. The largest absolute Gasteiger partial charge is 0.384 e. The molecule has 0 saturated carbocycles. The number of anilines is 1. The van der Waals surface area contributed by atoms with Gasteiger partial charge < -0.3 is 15.4 Å². The number of fused-ring (bicyclic) bond motifs is 1. The number of thiazole rings is 1. The zero-order chi connectivity index (χ0) is 14.7. The van der Waals surface area contributed by atoms with Crippen LogP contribution in [0.1, 0.15) is 36.3 Å². The van der Waals surface area contributed by atoms with Crippen molar-refractivity contribution in [1.82, 2.24) is 10.3 Å². The molecule has 2 heterocycles. The van der Waals surface area contributed by atoms with Gasteiger partial charge in [0.15, 0.2) is 5.13 Å². The Bertz CT molecular complexity index is 486. The monoisotopic (exact) mass is 345 g/mol. The SMILES string of the molecule is COCC1(C(=O)Nc2nc3c(s2)CCCC3)CCNCC1.Cl. The molecule has 1 aliphatic carbocycles. The van der Waals surface area contributed by atoms with Crippen LogP contribution in [-0.2, 0) is 22.4 Å². The van der Waals surface area contributed by atoms with Crippen LogP contribution in [0.3, 0.4) is 0 Å². The number of amides is 1. The van der Waals surface area contributed by atoms with Crippen LogP contribution in [0.4, 0.5) is 5.13 Å². The van der Waals surface area contributed by atoms with E-state index in [0.29, 0.717) is 6.61 Å². The molecular formula is C15H24ClN3O2S. The molecule has 0 unspecified atom stereocenters. The molecule has 3 rings (SSSR count). The van der Waals surface area contributed by atoms with E-state index in [2.05, 4.69) is 15.6 Å². The summed E-state index contributed by atoms with van der Waals surface area (Å²) in [6.07, 6.45) is 6.24. The molecule has 1 amide bonds. The first-order valence-corrected chi connectivity index (χ1v) is 8.55. The third-order valence-electron chi connectivity index (χ3n) is 4.53. The van der Waals surface area contributed by atoms with Gasteiger partial charge in [-0.05, 0) is 51.6 Å². The van der Waals surface area contributed by atoms with Crippen LogP contribution < -0.4 is 10.6 Å². The summed E-state index contributed by atoms with van der Waals surface area (Å²) >= 11 is 1.64. The fraction of sp³-hybridized carbons (Fsp3) is 0.733. The Morgan fingerprint density at radius 1 is 1.36 bits per heavy atom. The van der Waals surface area contributed by atoms with Gasteiger partial charge in [0.2, 0.25) is 5.91 Å². The Morgan fingerprint density at radius 2 is 2.09 bits per heavy atom. The predicted octanol–water partition coefficient (Wildman–Crippen LogP) is 2.40. The molecule has 0 aromatic carbocycles. The summed E-state index contributed by atoms with van der Waals surface area (Å²) < 4.78 is 5.32. The van der Waals surface area contributed by atoms with Crippen molar-refractivity contribution < 1.29 is 9.53 Å². The molecule has 2 N–H and O–H groups in total. The maximum Gasteiger partial charge on any atom is 0.234 e. The molecule has 1 fully saturated rings. The number of methoxy groups -OCH3 is 1. The number of carbonyl (C=O) groups is 1. The summed E-state index contributed by atoms with van der Waals surface area (Å²) in [6.45, 7) is 2.21. The Morgan fingerprint density at radius 3 is 2.77 bits per heavy atom. The van der Waals surface area contributed by atoms with Crippen molar-refractivity contribution in [1.29, 1.82) is 0 Å². The van der Waals surface area contributed by atoms with E-state index in [1.54, 1.807) is 18.4 Å². The van der Waals surface area contributed by atoms with Gasteiger partial charge in [-0.25, -0.2) is 4.98 Å². The molecule has 1 aromatic rings. The van der Waals surface area contributed by atoms with Gasteiger partial charge in [0, 0.05) is 12.0 Å². The number of rotatable bonds is 4. The second kappa shape index (κ2) is 7.73. The third-order valence-corrected chi connectivity index (χ3v) is 5.60. The van der Waals surface area contributed by atoms with Crippen LogP contribution in [0, 0.1) is 5.41 Å². The number of hydrogen-bond acceptors (Lipinski definition) is 5. The highest BCUT2D eigenvalue weighted by atomic mass is 35.5. The van der Waals surface area contributed by atoms with Crippen LogP contribution in [0.15, 0.2) is 0 Å². The van der Waals surface area contributed by atoms with Crippen molar-refractivity contribution in [2.45, 2.75) is 38.5 Å². The molecule has 0 spiro atoms. The number of hydrogen-bond donors (Lipinski definition) is 2. The number of nitrogens with one attached hydrogen (secondary N) is 2. The zero-order valence-electron chi connectivity index (χ0n) is 12.9. The van der Waals surface area contributed by atoms with Crippen LogP contribution in [0.25, 0.3) is 0 Å². The summed E-state index contributed by atoms with van der Waals surface area (Å²) in [7, 11) is 1.67. The highest BCUT2D eigenvalue weighted by molar-refractivity contribution is 7.15. The lowest BCUT2D eigenvalue weighted by Gasteiger charge is -2.35. The number of aryl methyl sites for hydroxylation is 2.